The molecule has 1 saturated heterocycles. The highest BCUT2D eigenvalue weighted by molar-refractivity contribution is 6.93. The van der Waals surface area contributed by atoms with Gasteiger partial charge in [0, 0.05) is 6.23 Å². The van der Waals surface area contributed by atoms with E-state index in [-0.39, 0.29) is 0 Å². The number of benzene rings is 1. The first-order valence-corrected chi connectivity index (χ1v) is 12.2. The van der Waals surface area contributed by atoms with Gasteiger partial charge in [-0.2, -0.15) is 0 Å². The van der Waals surface area contributed by atoms with Gasteiger partial charge in [0.2, 0.25) is 0 Å². The summed E-state index contributed by atoms with van der Waals surface area (Å²) in [6, 6.07) is 12.3. The molecule has 2 nitrogen and oxygen atoms in total. The van der Waals surface area contributed by atoms with E-state index in [1.807, 2.05) is 0 Å². The molecule has 0 radical (unpaired) electrons. The van der Waals surface area contributed by atoms with Crippen molar-refractivity contribution < 1.29 is 5.11 Å². The topological polar surface area (TPSA) is 23.5 Å². The third kappa shape index (κ3) is 4.07. The summed E-state index contributed by atoms with van der Waals surface area (Å²) in [5.74, 6) is 0. The first kappa shape index (κ1) is 17.2. The van der Waals surface area contributed by atoms with Gasteiger partial charge in [-0.1, -0.05) is 74.0 Å². The Morgan fingerprint density at radius 3 is 2.22 bits per heavy atom. The molecule has 0 amide bonds. The van der Waals surface area contributed by atoms with E-state index in [1.165, 1.54) is 82.2 Å². The van der Waals surface area contributed by atoms with Crippen LogP contribution in [0.2, 0.25) is 11.6 Å². The molecule has 1 aromatic rings. The van der Waals surface area contributed by atoms with Gasteiger partial charge in [-0.15, -0.1) is 0 Å². The zero-order chi connectivity index (χ0) is 16.0. The summed E-state index contributed by atoms with van der Waals surface area (Å²) < 4.78 is 0. The minimum absolute atomic E-state index is 0.440. The number of rotatable bonds is 6. The zero-order valence-corrected chi connectivity index (χ0v) is 15.6. The molecule has 3 heteroatoms. The molecule has 128 valence electrons. The predicted molar refractivity (Wildman–Crippen MR) is 101 cm³/mol. The van der Waals surface area contributed by atoms with E-state index in [9.17, 15) is 5.11 Å². The molecule has 1 heterocycles. The zero-order valence-electron chi connectivity index (χ0n) is 14.6. The Hall–Kier alpha value is -0.643. The Kier molecular flexibility index (Phi) is 6.32. The van der Waals surface area contributed by atoms with Crippen LogP contribution in [0.5, 0.6) is 0 Å². The summed E-state index contributed by atoms with van der Waals surface area (Å²) in [5, 5.41) is 12.1. The molecule has 0 unspecified atom stereocenters. The van der Waals surface area contributed by atoms with Crippen LogP contribution in [0, 0.1) is 0 Å². The van der Waals surface area contributed by atoms with Crippen LogP contribution in [0.3, 0.4) is 0 Å². The Balaban J connectivity index is 1.79. The van der Waals surface area contributed by atoms with E-state index < -0.39 is 8.07 Å². The third-order valence-electron chi connectivity index (χ3n) is 6.34. The molecule has 0 spiro atoms. The average Bonchev–Trinajstić information content (AvgIpc) is 2.65. The molecule has 1 saturated carbocycles. The Labute approximate surface area is 142 Å². The van der Waals surface area contributed by atoms with Crippen molar-refractivity contribution in [1.82, 2.24) is 4.90 Å². The van der Waals surface area contributed by atoms with Crippen LogP contribution in [0.15, 0.2) is 30.3 Å². The number of aliphatic hydroxyl groups excluding tert-OH is 1. The van der Waals surface area contributed by atoms with Crippen molar-refractivity contribution in [2.45, 2.75) is 63.0 Å². The largest absolute Gasteiger partial charge is 0.399 e. The van der Waals surface area contributed by atoms with E-state index in [2.05, 4.69) is 35.2 Å². The number of aliphatic hydroxyl groups is 1. The van der Waals surface area contributed by atoms with Crippen LogP contribution >= 0.6 is 0 Å². The van der Waals surface area contributed by atoms with Gasteiger partial charge < -0.3 is 10.0 Å². The maximum atomic E-state index is 10.6. The first-order valence-electron chi connectivity index (χ1n) is 9.74. The molecular weight excluding hydrogens is 298 g/mol. The summed E-state index contributed by atoms with van der Waals surface area (Å²) in [4.78, 5) is 2.66. The van der Waals surface area contributed by atoms with Gasteiger partial charge in [-0.05, 0) is 44.1 Å². The van der Waals surface area contributed by atoms with Crippen molar-refractivity contribution in [2.75, 3.05) is 25.9 Å². The molecule has 1 N–H and O–H groups in total. The molecule has 2 aliphatic rings. The molecule has 0 aromatic heterocycles. The molecule has 1 aliphatic carbocycles. The van der Waals surface area contributed by atoms with Gasteiger partial charge in [0.1, 0.15) is 8.07 Å². The van der Waals surface area contributed by atoms with E-state index in [0.29, 0.717) is 6.23 Å². The van der Waals surface area contributed by atoms with Crippen LogP contribution in [0.25, 0.3) is 0 Å². The smallest absolute Gasteiger partial charge is 0.119 e. The van der Waals surface area contributed by atoms with Gasteiger partial charge in [0.05, 0.1) is 0 Å². The van der Waals surface area contributed by atoms with Crippen molar-refractivity contribution in [1.29, 1.82) is 0 Å². The average molecular weight is 332 g/mol. The Morgan fingerprint density at radius 2 is 1.57 bits per heavy atom. The van der Waals surface area contributed by atoms with Gasteiger partial charge in [-0.3, -0.25) is 0 Å². The number of piperidine rings is 1. The normalized spacial score (nSPS) is 23.5. The van der Waals surface area contributed by atoms with E-state index in [0.717, 1.165) is 5.54 Å². The monoisotopic (exact) mass is 331 g/mol. The molecule has 1 atom stereocenters. The van der Waals surface area contributed by atoms with Crippen LogP contribution in [0.4, 0.5) is 0 Å². The van der Waals surface area contributed by atoms with Crippen molar-refractivity contribution in [2.24, 2.45) is 0 Å². The van der Waals surface area contributed by atoms with Gasteiger partial charge in [0.25, 0.3) is 0 Å². The molecule has 23 heavy (non-hydrogen) atoms. The molecule has 1 aliphatic heterocycles. The summed E-state index contributed by atoms with van der Waals surface area (Å²) in [5.41, 5.74) is 0.786. The van der Waals surface area contributed by atoms with Crippen molar-refractivity contribution in [3.05, 3.63) is 30.3 Å². The second-order valence-electron chi connectivity index (χ2n) is 7.67. The van der Waals surface area contributed by atoms with Crippen molar-refractivity contribution in [3.8, 4) is 0 Å². The summed E-state index contributed by atoms with van der Waals surface area (Å²) in [6.07, 6.45) is 11.4. The highest BCUT2D eigenvalue weighted by Crippen LogP contribution is 2.38. The minimum Gasteiger partial charge on any atom is -0.399 e. The van der Waals surface area contributed by atoms with E-state index in [1.54, 1.807) is 0 Å². The maximum absolute atomic E-state index is 10.6. The van der Waals surface area contributed by atoms with E-state index in [4.69, 9.17) is 0 Å². The second kappa shape index (κ2) is 8.45. The lowest BCUT2D eigenvalue weighted by Gasteiger charge is -2.42. The quantitative estimate of drug-likeness (QED) is 0.804. The fraction of sp³-hybridized carbons (Fsp3) is 0.700. The van der Waals surface area contributed by atoms with Crippen LogP contribution in [-0.2, 0) is 0 Å². The molecule has 0 bridgehead atoms. The van der Waals surface area contributed by atoms with Gasteiger partial charge >= 0.3 is 0 Å². The highest BCUT2D eigenvalue weighted by atomic mass is 28.3. The fourth-order valence-electron chi connectivity index (χ4n) is 4.85. The lowest BCUT2D eigenvalue weighted by atomic mass is 10.0. The molecule has 3 rings (SSSR count). The number of nitrogens with zero attached hydrogens (tertiary/aromatic N) is 1. The lowest BCUT2D eigenvalue weighted by molar-refractivity contribution is 0.237. The third-order valence-corrected chi connectivity index (χ3v) is 11.6. The SMILES string of the molecule is OC[Si@](CCN1CCCCC1)(c1ccccc1)C1CCCCC1. The van der Waals surface area contributed by atoms with Crippen molar-refractivity contribution >= 4 is 13.3 Å². The molecule has 2 fully saturated rings. The van der Waals surface area contributed by atoms with Gasteiger partial charge in [-0.25, -0.2) is 0 Å². The highest BCUT2D eigenvalue weighted by Gasteiger charge is 2.42. The Morgan fingerprint density at radius 1 is 0.913 bits per heavy atom. The first-order chi connectivity index (χ1) is 11.3. The molecular formula is C20H33NOSi. The van der Waals surface area contributed by atoms with Crippen LogP contribution in [-0.4, -0.2) is 43.9 Å². The minimum atomic E-state index is -1.81. The standard InChI is InChI=1S/C20H33NOSi/c22-18-23(19-10-4-1-5-11-19,20-12-6-2-7-13-20)17-16-21-14-8-3-9-15-21/h1,4-5,10-11,20,22H,2-3,6-9,12-18H2/t23-/m1/s1. The number of likely N-dealkylation sites (tertiary alicyclic amines) is 1. The van der Waals surface area contributed by atoms with E-state index >= 15 is 0 Å². The maximum Gasteiger partial charge on any atom is 0.119 e. The second-order valence-corrected chi connectivity index (χ2v) is 12.2. The van der Waals surface area contributed by atoms with Gasteiger partial charge in [0.15, 0.2) is 0 Å². The predicted octanol–water partition coefficient (Wildman–Crippen LogP) is 3.69. The summed E-state index contributed by atoms with van der Waals surface area (Å²) in [6.45, 7) is 3.75. The summed E-state index contributed by atoms with van der Waals surface area (Å²) >= 11 is 0. The van der Waals surface area contributed by atoms with Crippen molar-refractivity contribution in [3.63, 3.8) is 0 Å². The number of hydrogen-bond donors (Lipinski definition) is 1. The lowest BCUT2D eigenvalue weighted by Crippen LogP contribution is -2.57. The molecule has 1 aromatic carbocycles. The van der Waals surface area contributed by atoms with Crippen LogP contribution in [0.1, 0.15) is 51.4 Å². The fourth-order valence-corrected chi connectivity index (χ4v) is 9.70. The summed E-state index contributed by atoms with van der Waals surface area (Å²) in [7, 11) is -1.81. The number of hydrogen-bond acceptors (Lipinski definition) is 2. The van der Waals surface area contributed by atoms with Crippen LogP contribution < -0.4 is 5.19 Å². The Bertz CT molecular complexity index is 454.